The second kappa shape index (κ2) is 16.8. The second-order valence-corrected chi connectivity index (χ2v) is 11.0. The molecule has 0 fully saturated rings. The van der Waals surface area contributed by atoms with Gasteiger partial charge in [0, 0.05) is 58.3 Å². The second-order valence-electron chi connectivity index (χ2n) is 11.0. The van der Waals surface area contributed by atoms with Gasteiger partial charge in [0.2, 0.25) is 0 Å². The van der Waals surface area contributed by atoms with E-state index in [2.05, 4.69) is 50.3 Å². The van der Waals surface area contributed by atoms with Crippen LogP contribution in [-0.4, -0.2) is 92.9 Å². The first-order valence-electron chi connectivity index (χ1n) is 15.9. The molecule has 52 heavy (non-hydrogen) atoms. The van der Waals surface area contributed by atoms with Gasteiger partial charge in [0.05, 0.1) is 47.6 Å². The smallest absolute Gasteiger partial charge is 0.160 e. The first-order chi connectivity index (χ1) is 25.4. The maximum atomic E-state index is 4.75. The molecule has 0 atom stereocenters. The fraction of sp³-hybridized carbons (Fsp3) is 0.111. The Balaban J connectivity index is 1.19. The molecule has 0 amide bonds. The Morgan fingerprint density at radius 2 is 0.808 bits per heavy atom. The molecule has 0 bridgehead atoms. The third kappa shape index (κ3) is 9.41. The van der Waals surface area contributed by atoms with E-state index in [0.29, 0.717) is 40.5 Å². The van der Waals surface area contributed by atoms with Crippen molar-refractivity contribution in [1.29, 1.82) is 0 Å². The number of hydrogen-bond donors (Lipinski definition) is 0. The van der Waals surface area contributed by atoms with E-state index in [0.717, 1.165) is 17.0 Å². The first-order valence-corrected chi connectivity index (χ1v) is 15.9. The Morgan fingerprint density at radius 1 is 0.423 bits per heavy atom. The fourth-order valence-corrected chi connectivity index (χ4v) is 4.44. The lowest BCUT2D eigenvalue weighted by molar-refractivity contribution is 0.930. The molecular formula is C36H34N16. The van der Waals surface area contributed by atoms with E-state index in [4.69, 9.17) is 9.97 Å². The van der Waals surface area contributed by atoms with Crippen molar-refractivity contribution in [3.05, 3.63) is 133 Å². The quantitative estimate of drug-likeness (QED) is 0.124. The number of hydrazone groups is 4. The molecule has 5 heterocycles. The number of hydrogen-bond acceptors (Lipinski definition) is 16. The van der Waals surface area contributed by atoms with Crippen molar-refractivity contribution in [2.24, 2.45) is 20.4 Å². The van der Waals surface area contributed by atoms with Crippen molar-refractivity contribution in [1.82, 2.24) is 39.9 Å². The summed E-state index contributed by atoms with van der Waals surface area (Å²) in [6, 6.07) is 26.3. The third-order valence-corrected chi connectivity index (χ3v) is 7.23. The largest absolute Gasteiger partial charge is 0.255 e. The minimum Gasteiger partial charge on any atom is -0.255 e. The summed E-state index contributed by atoms with van der Waals surface area (Å²) in [6.45, 7) is 0. The number of aromatic nitrogens is 8. The molecule has 0 spiro atoms. The van der Waals surface area contributed by atoms with Crippen LogP contribution in [0.5, 0.6) is 0 Å². The molecule has 258 valence electrons. The average molecular weight is 691 g/mol. The zero-order valence-electron chi connectivity index (χ0n) is 28.9. The molecule has 0 aliphatic heterocycles. The molecule has 16 heteroatoms. The summed E-state index contributed by atoms with van der Waals surface area (Å²) in [7, 11) is 7.16. The average Bonchev–Trinajstić information content (AvgIpc) is 3.21. The Morgan fingerprint density at radius 3 is 1.19 bits per heavy atom. The summed E-state index contributed by atoms with van der Waals surface area (Å²) in [5, 5.41) is 24.6. The molecule has 6 rings (SSSR count). The van der Waals surface area contributed by atoms with E-state index >= 15 is 0 Å². The highest BCUT2D eigenvalue weighted by Crippen LogP contribution is 2.19. The predicted octanol–water partition coefficient (Wildman–Crippen LogP) is 4.39. The first kappa shape index (κ1) is 34.5. The summed E-state index contributed by atoms with van der Waals surface area (Å²) in [6.07, 6.45) is 12.9. The molecule has 5 aromatic heterocycles. The number of nitrogens with zero attached hydrogens (tertiary/aromatic N) is 16. The van der Waals surface area contributed by atoms with E-state index in [1.165, 1.54) is 12.7 Å². The Hall–Kier alpha value is -7.36. The molecule has 6 aromatic rings. The zero-order valence-corrected chi connectivity index (χ0v) is 28.9. The van der Waals surface area contributed by atoms with Gasteiger partial charge in [0.1, 0.15) is 12.7 Å². The zero-order chi connectivity index (χ0) is 36.1. The van der Waals surface area contributed by atoms with Gasteiger partial charge in [0.25, 0.3) is 0 Å². The minimum atomic E-state index is 0.518. The van der Waals surface area contributed by atoms with Crippen LogP contribution in [0.15, 0.2) is 130 Å². The molecule has 0 N–H and O–H groups in total. The topological polar surface area (TPSA) is 166 Å². The molecule has 0 saturated carbocycles. The Labute approximate surface area is 300 Å². The number of anilines is 4. The van der Waals surface area contributed by atoms with Crippen LogP contribution in [0.1, 0.15) is 22.8 Å². The van der Waals surface area contributed by atoms with Crippen molar-refractivity contribution in [2.75, 3.05) is 48.2 Å². The molecule has 0 aliphatic carbocycles. The molecule has 16 nitrogen and oxygen atoms in total. The normalized spacial score (nSPS) is 11.5. The maximum Gasteiger partial charge on any atom is 0.160 e. The molecule has 0 saturated heterocycles. The van der Waals surface area contributed by atoms with Crippen LogP contribution in [0.4, 0.5) is 23.3 Å². The number of benzene rings is 1. The van der Waals surface area contributed by atoms with Crippen LogP contribution in [0.25, 0.3) is 11.4 Å². The monoisotopic (exact) mass is 690 g/mol. The van der Waals surface area contributed by atoms with Gasteiger partial charge >= 0.3 is 0 Å². The highest BCUT2D eigenvalue weighted by Gasteiger charge is 2.10. The summed E-state index contributed by atoms with van der Waals surface area (Å²) in [4.78, 5) is 35.5. The van der Waals surface area contributed by atoms with E-state index in [-0.39, 0.29) is 0 Å². The van der Waals surface area contributed by atoms with Gasteiger partial charge in [-0.3, -0.25) is 30.0 Å². The van der Waals surface area contributed by atoms with Crippen molar-refractivity contribution < 1.29 is 0 Å². The van der Waals surface area contributed by atoms with Gasteiger partial charge in [-0.15, -0.1) is 0 Å². The van der Waals surface area contributed by atoms with Crippen LogP contribution in [-0.2, 0) is 0 Å². The lowest BCUT2D eigenvalue weighted by Gasteiger charge is -2.16. The van der Waals surface area contributed by atoms with Gasteiger partial charge in [-0.1, -0.05) is 42.5 Å². The van der Waals surface area contributed by atoms with Crippen LogP contribution in [0.3, 0.4) is 0 Å². The highest BCUT2D eigenvalue weighted by molar-refractivity contribution is 5.85. The van der Waals surface area contributed by atoms with Crippen LogP contribution in [0, 0.1) is 0 Å². The molecule has 0 unspecified atom stereocenters. The molecule has 0 radical (unpaired) electrons. The molecular weight excluding hydrogens is 657 g/mol. The number of rotatable bonds is 13. The Bertz CT molecular complexity index is 2040. The fourth-order valence-electron chi connectivity index (χ4n) is 4.44. The van der Waals surface area contributed by atoms with Gasteiger partial charge in [0.15, 0.2) is 29.1 Å². The molecule has 1 aromatic carbocycles. The maximum absolute atomic E-state index is 4.75. The van der Waals surface area contributed by atoms with Gasteiger partial charge in [-0.2, -0.15) is 20.4 Å². The van der Waals surface area contributed by atoms with Crippen LogP contribution >= 0.6 is 0 Å². The van der Waals surface area contributed by atoms with Crippen LogP contribution < -0.4 is 20.0 Å². The third-order valence-electron chi connectivity index (χ3n) is 7.23. The van der Waals surface area contributed by atoms with Crippen molar-refractivity contribution >= 4 is 48.1 Å². The predicted molar refractivity (Wildman–Crippen MR) is 204 cm³/mol. The minimum absolute atomic E-state index is 0.518. The van der Waals surface area contributed by atoms with Gasteiger partial charge in [-0.25, -0.2) is 29.9 Å². The highest BCUT2D eigenvalue weighted by atomic mass is 15.5. The van der Waals surface area contributed by atoms with Crippen molar-refractivity contribution in [2.45, 2.75) is 0 Å². The van der Waals surface area contributed by atoms with E-state index < -0.39 is 0 Å². The summed E-state index contributed by atoms with van der Waals surface area (Å²) < 4.78 is 0. The number of pyridine rings is 2. The van der Waals surface area contributed by atoms with Crippen molar-refractivity contribution in [3.63, 3.8) is 0 Å². The lowest BCUT2D eigenvalue weighted by atomic mass is 10.2. The van der Waals surface area contributed by atoms with Gasteiger partial charge in [-0.05, 0) is 30.3 Å². The summed E-state index contributed by atoms with van der Waals surface area (Å²) >= 11 is 0. The lowest BCUT2D eigenvalue weighted by Crippen LogP contribution is -2.15. The van der Waals surface area contributed by atoms with E-state index in [9.17, 15) is 0 Å². The Kier molecular flexibility index (Phi) is 11.2. The van der Waals surface area contributed by atoms with Crippen LogP contribution in [0.2, 0.25) is 0 Å². The van der Waals surface area contributed by atoms with Crippen molar-refractivity contribution in [3.8, 4) is 11.4 Å². The van der Waals surface area contributed by atoms with Gasteiger partial charge < -0.3 is 0 Å². The van der Waals surface area contributed by atoms with E-state index in [1.807, 2.05) is 66.7 Å². The summed E-state index contributed by atoms with van der Waals surface area (Å²) in [5.41, 5.74) is 3.44. The standard InChI is InChI=1S/C36H34N16/c1-49(43-21-28-14-8-10-16-37-28)32-19-34(41-25-39-32)51(3)45-23-30-18-31(48-36(47-30)27-12-6-5-7-13-27)24-46-52(4)35-20-33(40-26-42-35)50(2)44-22-29-15-9-11-17-38-29/h5-26H,1-4H3/b43-21+,44-22+,45-23+,46-24+. The van der Waals surface area contributed by atoms with E-state index in [1.54, 1.807) is 104 Å². The summed E-state index contributed by atoms with van der Waals surface area (Å²) in [5.74, 6) is 2.79. The molecule has 0 aliphatic rings. The SMILES string of the molecule is CN(/N=C/c1ccccn1)c1cc(N(C)/N=C/c2cc(/C=N/N(C)c3cc(N(C)/N=C/c4ccccn4)ncn3)nc(-c3ccccc3)n2)ncn1.